The van der Waals surface area contributed by atoms with Crippen LogP contribution >= 0.6 is 23.2 Å². The number of hydrogen-bond acceptors (Lipinski definition) is 5. The molecule has 1 amide bonds. The summed E-state index contributed by atoms with van der Waals surface area (Å²) in [5.41, 5.74) is 0. The number of carbonyl (C=O) groups is 1. The molecule has 0 aliphatic rings. The fourth-order valence-electron chi connectivity index (χ4n) is 1.38. The van der Waals surface area contributed by atoms with Crippen LogP contribution in [0.2, 0.25) is 10.0 Å². The van der Waals surface area contributed by atoms with Crippen molar-refractivity contribution in [3.63, 3.8) is 0 Å². The van der Waals surface area contributed by atoms with Gasteiger partial charge in [0, 0.05) is 11.2 Å². The molecular formula is C12H11Cl2N5O2. The van der Waals surface area contributed by atoms with Crippen molar-refractivity contribution in [2.24, 2.45) is 0 Å². The molecule has 1 aromatic heterocycles. The maximum atomic E-state index is 11.9. The number of amides is 1. The summed E-state index contributed by atoms with van der Waals surface area (Å²) in [6.45, 7) is 5.03. The molecule has 2 aromatic rings. The molecule has 7 nitrogen and oxygen atoms in total. The molecule has 21 heavy (non-hydrogen) atoms. The van der Waals surface area contributed by atoms with Crippen LogP contribution in [0.5, 0.6) is 5.75 Å². The Morgan fingerprint density at radius 3 is 2.90 bits per heavy atom. The molecule has 0 aliphatic carbocycles. The summed E-state index contributed by atoms with van der Waals surface area (Å²) in [5.74, 6) is -0.0337. The van der Waals surface area contributed by atoms with Gasteiger partial charge in [-0.15, -0.1) is 9.90 Å². The van der Waals surface area contributed by atoms with Crippen molar-refractivity contribution in [1.82, 2.24) is 20.2 Å². The van der Waals surface area contributed by atoms with Crippen molar-refractivity contribution in [3.8, 4) is 5.75 Å². The molecular weight excluding hydrogens is 317 g/mol. The monoisotopic (exact) mass is 327 g/mol. The van der Waals surface area contributed by atoms with Gasteiger partial charge < -0.3 is 4.74 Å². The second-order valence-corrected chi connectivity index (χ2v) is 4.78. The predicted octanol–water partition coefficient (Wildman–Crippen LogP) is 2.49. The van der Waals surface area contributed by atoms with Gasteiger partial charge in [0.15, 0.2) is 6.10 Å². The molecule has 0 fully saturated rings. The number of ether oxygens (including phenoxy) is 1. The van der Waals surface area contributed by atoms with Gasteiger partial charge in [0.05, 0.1) is 5.02 Å². The number of halogens is 2. The van der Waals surface area contributed by atoms with Crippen LogP contribution < -0.4 is 10.1 Å². The molecule has 1 heterocycles. The van der Waals surface area contributed by atoms with E-state index in [9.17, 15) is 4.79 Å². The Bertz CT molecular complexity index is 673. The average molecular weight is 328 g/mol. The van der Waals surface area contributed by atoms with Crippen molar-refractivity contribution in [1.29, 1.82) is 0 Å². The maximum Gasteiger partial charge on any atom is 0.270 e. The molecule has 0 saturated carbocycles. The van der Waals surface area contributed by atoms with Gasteiger partial charge in [0.2, 0.25) is 0 Å². The number of carbonyl (C=O) groups excluding carboxylic acids is 1. The molecule has 0 bridgehead atoms. The number of aromatic nitrogens is 4. The third-order valence-electron chi connectivity index (χ3n) is 2.39. The summed E-state index contributed by atoms with van der Waals surface area (Å²) >= 11 is 11.8. The van der Waals surface area contributed by atoms with E-state index in [0.29, 0.717) is 15.8 Å². The van der Waals surface area contributed by atoms with Crippen LogP contribution in [-0.4, -0.2) is 32.2 Å². The molecule has 1 atom stereocenters. The van der Waals surface area contributed by atoms with Crippen LogP contribution in [0.4, 0.5) is 5.95 Å². The van der Waals surface area contributed by atoms with E-state index < -0.39 is 12.0 Å². The number of nitrogens with zero attached hydrogens (tertiary/aromatic N) is 4. The van der Waals surface area contributed by atoms with Crippen molar-refractivity contribution in [2.45, 2.75) is 13.0 Å². The van der Waals surface area contributed by atoms with Crippen molar-refractivity contribution >= 4 is 41.3 Å². The molecule has 0 aliphatic heterocycles. The van der Waals surface area contributed by atoms with Crippen LogP contribution in [0.15, 0.2) is 24.8 Å². The minimum atomic E-state index is -0.806. The first kappa shape index (κ1) is 15.3. The van der Waals surface area contributed by atoms with E-state index in [4.69, 9.17) is 27.9 Å². The van der Waals surface area contributed by atoms with Crippen molar-refractivity contribution in [2.75, 3.05) is 5.32 Å². The lowest BCUT2D eigenvalue weighted by molar-refractivity contribution is -0.122. The number of rotatable bonds is 5. The third-order valence-corrected chi connectivity index (χ3v) is 2.92. The van der Waals surface area contributed by atoms with E-state index in [2.05, 4.69) is 27.3 Å². The summed E-state index contributed by atoms with van der Waals surface area (Å²) in [6.07, 6.45) is 0.537. The van der Waals surface area contributed by atoms with Gasteiger partial charge in [-0.2, -0.15) is 0 Å². The van der Waals surface area contributed by atoms with Crippen LogP contribution in [0, 0.1) is 0 Å². The maximum absolute atomic E-state index is 11.9. The third kappa shape index (κ3) is 3.93. The fourth-order valence-corrected chi connectivity index (χ4v) is 1.83. The molecule has 2 rings (SSSR count). The first-order valence-electron chi connectivity index (χ1n) is 5.84. The fraction of sp³-hybridized carbons (Fsp3) is 0.167. The molecule has 1 N–H and O–H groups in total. The first-order valence-corrected chi connectivity index (χ1v) is 6.60. The molecule has 0 saturated heterocycles. The highest BCUT2D eigenvalue weighted by molar-refractivity contribution is 6.35. The SMILES string of the molecule is C=Cn1nnc(NC(=O)[C@H](C)Oc2ccc(Cl)cc2Cl)n1. The van der Waals surface area contributed by atoms with Gasteiger partial charge in [-0.1, -0.05) is 34.9 Å². The van der Waals surface area contributed by atoms with Gasteiger partial charge in [-0.05, 0) is 30.3 Å². The Hall–Kier alpha value is -2.12. The molecule has 0 unspecified atom stereocenters. The first-order chi connectivity index (χ1) is 9.99. The Balaban J connectivity index is 2.00. The van der Waals surface area contributed by atoms with Gasteiger partial charge >= 0.3 is 0 Å². The standard InChI is InChI=1S/C12H11Cl2N5O2/c1-3-19-17-12(16-18-19)15-11(20)7(2)21-10-5-4-8(13)6-9(10)14/h3-7H,1H2,2H3,(H,15,17,20)/t7-/m0/s1. The number of benzene rings is 1. The minimum Gasteiger partial charge on any atom is -0.479 e. The van der Waals surface area contributed by atoms with E-state index in [1.54, 1.807) is 19.1 Å². The normalized spacial score (nSPS) is 11.8. The number of hydrogen-bond donors (Lipinski definition) is 1. The summed E-state index contributed by atoms with van der Waals surface area (Å²) in [6, 6.07) is 4.73. The molecule has 9 heteroatoms. The Kier molecular flexibility index (Phi) is 4.77. The zero-order valence-electron chi connectivity index (χ0n) is 11.0. The number of tetrazole rings is 1. The van der Waals surface area contributed by atoms with Crippen LogP contribution in [0.3, 0.4) is 0 Å². The zero-order chi connectivity index (χ0) is 15.4. The zero-order valence-corrected chi connectivity index (χ0v) is 12.5. The van der Waals surface area contributed by atoms with Gasteiger partial charge in [0.25, 0.3) is 11.9 Å². The topological polar surface area (TPSA) is 81.9 Å². The van der Waals surface area contributed by atoms with E-state index >= 15 is 0 Å². The lowest BCUT2D eigenvalue weighted by Crippen LogP contribution is -2.30. The summed E-state index contributed by atoms with van der Waals surface area (Å²) in [5, 5.41) is 14.3. The molecule has 0 radical (unpaired) electrons. The molecule has 1 aromatic carbocycles. The van der Waals surface area contributed by atoms with Crippen molar-refractivity contribution in [3.05, 3.63) is 34.8 Å². The van der Waals surface area contributed by atoms with E-state index in [-0.39, 0.29) is 5.95 Å². The number of nitrogens with one attached hydrogen (secondary N) is 1. The van der Waals surface area contributed by atoms with E-state index in [1.807, 2.05) is 0 Å². The Labute approximate surface area is 130 Å². The summed E-state index contributed by atoms with van der Waals surface area (Å²) in [7, 11) is 0. The van der Waals surface area contributed by atoms with E-state index in [0.717, 1.165) is 4.80 Å². The molecule has 0 spiro atoms. The smallest absolute Gasteiger partial charge is 0.270 e. The molecule has 110 valence electrons. The highest BCUT2D eigenvalue weighted by Gasteiger charge is 2.18. The largest absolute Gasteiger partial charge is 0.479 e. The Morgan fingerprint density at radius 1 is 1.52 bits per heavy atom. The summed E-state index contributed by atoms with van der Waals surface area (Å²) in [4.78, 5) is 13.1. The van der Waals surface area contributed by atoms with Crippen LogP contribution in [0.1, 0.15) is 6.92 Å². The lowest BCUT2D eigenvalue weighted by Gasteiger charge is -2.14. The average Bonchev–Trinajstić information content (AvgIpc) is 2.89. The van der Waals surface area contributed by atoms with Crippen LogP contribution in [-0.2, 0) is 4.79 Å². The van der Waals surface area contributed by atoms with Gasteiger partial charge in [-0.3, -0.25) is 10.1 Å². The predicted molar refractivity (Wildman–Crippen MR) is 79.4 cm³/mol. The van der Waals surface area contributed by atoms with Crippen LogP contribution in [0.25, 0.3) is 6.20 Å². The highest BCUT2D eigenvalue weighted by Crippen LogP contribution is 2.28. The second kappa shape index (κ2) is 6.55. The minimum absolute atomic E-state index is 0.0533. The van der Waals surface area contributed by atoms with Gasteiger partial charge in [-0.25, -0.2) is 0 Å². The number of anilines is 1. The van der Waals surface area contributed by atoms with Gasteiger partial charge in [0.1, 0.15) is 5.75 Å². The highest BCUT2D eigenvalue weighted by atomic mass is 35.5. The van der Waals surface area contributed by atoms with E-state index in [1.165, 1.54) is 12.3 Å². The van der Waals surface area contributed by atoms with Crippen molar-refractivity contribution < 1.29 is 9.53 Å². The second-order valence-electron chi connectivity index (χ2n) is 3.94. The lowest BCUT2D eigenvalue weighted by atomic mass is 10.3. The Morgan fingerprint density at radius 2 is 2.29 bits per heavy atom. The quantitative estimate of drug-likeness (QED) is 0.912. The summed E-state index contributed by atoms with van der Waals surface area (Å²) < 4.78 is 5.46.